The SMILES string of the molecule is Cc1ccc(O)c(N=C2NC(=O)/C(=C/c3ccccc3F)S2)c1. The number of amidine groups is 1. The van der Waals surface area contributed by atoms with Crippen LogP contribution in [0.3, 0.4) is 0 Å². The van der Waals surface area contributed by atoms with Gasteiger partial charge < -0.3 is 10.4 Å². The number of aryl methyl sites for hydroxylation is 1. The van der Waals surface area contributed by atoms with E-state index in [0.717, 1.165) is 17.3 Å². The molecule has 2 aromatic rings. The van der Waals surface area contributed by atoms with Crippen LogP contribution < -0.4 is 5.32 Å². The molecule has 6 heteroatoms. The van der Waals surface area contributed by atoms with Gasteiger partial charge >= 0.3 is 0 Å². The van der Waals surface area contributed by atoms with Crippen molar-refractivity contribution in [1.82, 2.24) is 5.32 Å². The molecule has 1 heterocycles. The van der Waals surface area contributed by atoms with Gasteiger partial charge in [-0.2, -0.15) is 0 Å². The lowest BCUT2D eigenvalue weighted by atomic mass is 10.2. The fourth-order valence-corrected chi connectivity index (χ4v) is 2.87. The zero-order chi connectivity index (χ0) is 16.4. The number of carbonyl (C=O) groups is 1. The molecule has 0 bridgehead atoms. The Hall–Kier alpha value is -2.60. The molecule has 1 aliphatic heterocycles. The first-order valence-corrected chi connectivity index (χ1v) is 7.68. The van der Waals surface area contributed by atoms with Crippen LogP contribution in [0.4, 0.5) is 10.1 Å². The smallest absolute Gasteiger partial charge is 0.264 e. The van der Waals surface area contributed by atoms with E-state index in [1.165, 1.54) is 12.1 Å². The van der Waals surface area contributed by atoms with E-state index < -0.39 is 5.82 Å². The minimum Gasteiger partial charge on any atom is -0.506 e. The molecule has 0 spiro atoms. The van der Waals surface area contributed by atoms with Crippen LogP contribution in [0.25, 0.3) is 6.08 Å². The van der Waals surface area contributed by atoms with Gasteiger partial charge in [0.05, 0.1) is 4.91 Å². The summed E-state index contributed by atoms with van der Waals surface area (Å²) < 4.78 is 13.7. The average molecular weight is 328 g/mol. The number of carbonyl (C=O) groups excluding carboxylic acids is 1. The number of amides is 1. The number of rotatable bonds is 2. The number of benzene rings is 2. The number of halogens is 1. The Morgan fingerprint density at radius 1 is 1.26 bits per heavy atom. The third-order valence-corrected chi connectivity index (χ3v) is 4.11. The summed E-state index contributed by atoms with van der Waals surface area (Å²) in [5.74, 6) is -0.705. The monoisotopic (exact) mass is 328 g/mol. The number of nitrogens with zero attached hydrogens (tertiary/aromatic N) is 1. The molecule has 0 atom stereocenters. The molecule has 0 unspecified atom stereocenters. The van der Waals surface area contributed by atoms with Crippen LogP contribution in [0.1, 0.15) is 11.1 Å². The van der Waals surface area contributed by atoms with E-state index in [9.17, 15) is 14.3 Å². The second kappa shape index (κ2) is 6.26. The van der Waals surface area contributed by atoms with Crippen LogP contribution >= 0.6 is 11.8 Å². The molecule has 2 N–H and O–H groups in total. The Balaban J connectivity index is 1.89. The highest BCUT2D eigenvalue weighted by Crippen LogP contribution is 2.32. The van der Waals surface area contributed by atoms with Gasteiger partial charge in [-0.05, 0) is 48.5 Å². The Labute approximate surface area is 136 Å². The minimum absolute atomic E-state index is 0.0319. The Bertz CT molecular complexity index is 846. The van der Waals surface area contributed by atoms with Crippen LogP contribution in [-0.4, -0.2) is 16.2 Å². The van der Waals surface area contributed by atoms with Crippen LogP contribution in [0, 0.1) is 12.7 Å². The molecule has 1 saturated heterocycles. The maximum atomic E-state index is 13.7. The predicted octanol–water partition coefficient (Wildman–Crippen LogP) is 3.73. The van der Waals surface area contributed by atoms with Gasteiger partial charge in [0.15, 0.2) is 5.17 Å². The van der Waals surface area contributed by atoms with Crippen LogP contribution in [0.15, 0.2) is 52.4 Å². The number of aromatic hydroxyl groups is 1. The summed E-state index contributed by atoms with van der Waals surface area (Å²) in [5.41, 5.74) is 1.66. The summed E-state index contributed by atoms with van der Waals surface area (Å²) in [6.07, 6.45) is 1.48. The van der Waals surface area contributed by atoms with Crippen molar-refractivity contribution in [2.45, 2.75) is 6.92 Å². The van der Waals surface area contributed by atoms with Crippen molar-refractivity contribution in [3.63, 3.8) is 0 Å². The van der Waals surface area contributed by atoms with Crippen molar-refractivity contribution in [1.29, 1.82) is 0 Å². The number of hydrogen-bond donors (Lipinski definition) is 2. The zero-order valence-corrected chi connectivity index (χ0v) is 13.0. The second-order valence-electron chi connectivity index (χ2n) is 5.00. The Kier molecular flexibility index (Phi) is 4.16. The van der Waals surface area contributed by atoms with E-state index in [4.69, 9.17) is 0 Å². The number of thioether (sulfide) groups is 1. The highest BCUT2D eigenvalue weighted by molar-refractivity contribution is 8.18. The first kappa shape index (κ1) is 15.3. The number of phenols is 1. The van der Waals surface area contributed by atoms with E-state index in [0.29, 0.717) is 21.3 Å². The largest absolute Gasteiger partial charge is 0.506 e. The quantitative estimate of drug-likeness (QED) is 0.826. The number of nitrogens with one attached hydrogen (secondary N) is 1. The van der Waals surface area contributed by atoms with Gasteiger partial charge in [-0.25, -0.2) is 9.38 Å². The second-order valence-corrected chi connectivity index (χ2v) is 6.03. The van der Waals surface area contributed by atoms with E-state index >= 15 is 0 Å². The fraction of sp³-hybridized carbons (Fsp3) is 0.0588. The minimum atomic E-state index is -0.393. The normalized spacial score (nSPS) is 17.7. The van der Waals surface area contributed by atoms with Crippen molar-refractivity contribution in [3.05, 3.63) is 64.3 Å². The van der Waals surface area contributed by atoms with E-state index in [-0.39, 0.29) is 11.7 Å². The molecule has 3 rings (SSSR count). The molecule has 0 saturated carbocycles. The lowest BCUT2D eigenvalue weighted by Gasteiger charge is -2.01. The number of phenolic OH excluding ortho intramolecular Hbond substituents is 1. The average Bonchev–Trinajstić information content (AvgIpc) is 2.85. The molecule has 0 aromatic heterocycles. The van der Waals surface area contributed by atoms with Crippen LogP contribution in [0.2, 0.25) is 0 Å². The van der Waals surface area contributed by atoms with Gasteiger partial charge in [0.1, 0.15) is 17.3 Å². The first-order valence-electron chi connectivity index (χ1n) is 6.86. The molecule has 0 radical (unpaired) electrons. The van der Waals surface area contributed by atoms with Crippen LogP contribution in [-0.2, 0) is 4.79 Å². The third-order valence-electron chi connectivity index (χ3n) is 3.20. The third kappa shape index (κ3) is 3.43. The zero-order valence-electron chi connectivity index (χ0n) is 12.2. The molecular formula is C17H13FN2O2S. The Morgan fingerprint density at radius 3 is 2.83 bits per heavy atom. The summed E-state index contributed by atoms with van der Waals surface area (Å²) in [6, 6.07) is 11.3. The maximum absolute atomic E-state index is 13.7. The predicted molar refractivity (Wildman–Crippen MR) is 90.0 cm³/mol. The Morgan fingerprint density at radius 2 is 2.04 bits per heavy atom. The van der Waals surface area contributed by atoms with Gasteiger partial charge in [-0.3, -0.25) is 4.79 Å². The van der Waals surface area contributed by atoms with Gasteiger partial charge in [-0.15, -0.1) is 0 Å². The van der Waals surface area contributed by atoms with Gasteiger partial charge in [0.2, 0.25) is 0 Å². The molecule has 0 aliphatic carbocycles. The van der Waals surface area contributed by atoms with E-state index in [1.54, 1.807) is 36.4 Å². The molecule has 4 nitrogen and oxygen atoms in total. The summed E-state index contributed by atoms with van der Waals surface area (Å²) >= 11 is 1.10. The highest BCUT2D eigenvalue weighted by atomic mass is 32.2. The van der Waals surface area contributed by atoms with Crippen molar-refractivity contribution in [2.24, 2.45) is 4.99 Å². The molecule has 23 heavy (non-hydrogen) atoms. The fourth-order valence-electron chi connectivity index (χ4n) is 2.05. The molecule has 2 aromatic carbocycles. The van der Waals surface area contributed by atoms with Crippen molar-refractivity contribution < 1.29 is 14.3 Å². The molecular weight excluding hydrogens is 315 g/mol. The van der Waals surface area contributed by atoms with Crippen molar-refractivity contribution >= 4 is 34.6 Å². The van der Waals surface area contributed by atoms with E-state index in [1.807, 2.05) is 6.92 Å². The molecule has 116 valence electrons. The van der Waals surface area contributed by atoms with E-state index in [2.05, 4.69) is 10.3 Å². The van der Waals surface area contributed by atoms with Crippen molar-refractivity contribution in [2.75, 3.05) is 0 Å². The first-order chi connectivity index (χ1) is 11.0. The summed E-state index contributed by atoms with van der Waals surface area (Å²) in [6.45, 7) is 1.88. The molecule has 1 fully saturated rings. The van der Waals surface area contributed by atoms with Crippen molar-refractivity contribution in [3.8, 4) is 5.75 Å². The number of aliphatic imine (C=N–C) groups is 1. The summed E-state index contributed by atoms with van der Waals surface area (Å²) in [7, 11) is 0. The number of hydrogen-bond acceptors (Lipinski definition) is 4. The lowest BCUT2D eigenvalue weighted by molar-refractivity contribution is -0.115. The topological polar surface area (TPSA) is 61.7 Å². The highest BCUT2D eigenvalue weighted by Gasteiger charge is 2.24. The summed E-state index contributed by atoms with van der Waals surface area (Å²) in [4.78, 5) is 16.6. The maximum Gasteiger partial charge on any atom is 0.264 e. The van der Waals surface area contributed by atoms with Gasteiger partial charge in [-0.1, -0.05) is 24.3 Å². The van der Waals surface area contributed by atoms with Gasteiger partial charge in [0.25, 0.3) is 5.91 Å². The molecule has 1 aliphatic rings. The van der Waals surface area contributed by atoms with Gasteiger partial charge in [0, 0.05) is 5.56 Å². The standard InChI is InChI=1S/C17H13FN2O2S/c1-10-6-7-14(21)13(8-10)19-17-20-16(22)15(23-17)9-11-4-2-3-5-12(11)18/h2-9,21H,1H3,(H,19,20,22)/b15-9-. The lowest BCUT2D eigenvalue weighted by Crippen LogP contribution is -2.19. The summed E-state index contributed by atoms with van der Waals surface area (Å²) in [5, 5.41) is 12.8. The van der Waals surface area contributed by atoms with Crippen LogP contribution in [0.5, 0.6) is 5.75 Å². The molecule has 1 amide bonds.